The SMILES string of the molecule is CN1CCN(c2ccc3nc(C4=C(O)CN(c5ccc(F)c(F)c5)C4=N)[nH]c3c2)CC1. The zero-order chi connectivity index (χ0) is 21.7. The highest BCUT2D eigenvalue weighted by molar-refractivity contribution is 6.30. The van der Waals surface area contributed by atoms with Crippen LogP contribution in [-0.4, -0.2) is 65.6 Å². The van der Waals surface area contributed by atoms with Gasteiger partial charge in [0.05, 0.1) is 23.2 Å². The van der Waals surface area contributed by atoms with Crippen LogP contribution in [-0.2, 0) is 0 Å². The zero-order valence-electron chi connectivity index (χ0n) is 17.0. The van der Waals surface area contributed by atoms with Gasteiger partial charge in [0.25, 0.3) is 0 Å². The number of aromatic nitrogens is 2. The Bertz CT molecular complexity index is 1210. The van der Waals surface area contributed by atoms with E-state index in [2.05, 4.69) is 26.8 Å². The van der Waals surface area contributed by atoms with Crippen LogP contribution in [0.5, 0.6) is 0 Å². The maximum absolute atomic E-state index is 13.7. The number of halogens is 2. The van der Waals surface area contributed by atoms with E-state index in [1.54, 1.807) is 0 Å². The standard InChI is InChI=1S/C22H22F2N6O/c1-28-6-8-29(9-7-28)13-3-5-17-18(11-13)27-22(26-17)20-19(31)12-30(21(20)25)14-2-4-15(23)16(24)10-14/h2-5,10-11,25,31H,6-9,12H2,1H3,(H,26,27). The predicted octanol–water partition coefficient (Wildman–Crippen LogP) is 3.36. The molecule has 7 nitrogen and oxygen atoms in total. The van der Waals surface area contributed by atoms with Crippen molar-refractivity contribution < 1.29 is 13.9 Å². The Labute approximate surface area is 177 Å². The highest BCUT2D eigenvalue weighted by Crippen LogP contribution is 2.32. The van der Waals surface area contributed by atoms with Crippen LogP contribution in [0.1, 0.15) is 5.82 Å². The number of nitrogens with zero attached hydrogens (tertiary/aromatic N) is 4. The monoisotopic (exact) mass is 424 g/mol. The number of H-pyrrole nitrogens is 1. The van der Waals surface area contributed by atoms with Gasteiger partial charge in [-0.3, -0.25) is 5.41 Å². The second-order valence-electron chi connectivity index (χ2n) is 7.93. The molecule has 1 saturated heterocycles. The van der Waals surface area contributed by atoms with E-state index in [0.717, 1.165) is 55.0 Å². The Balaban J connectivity index is 1.44. The van der Waals surface area contributed by atoms with Crippen molar-refractivity contribution in [3.8, 4) is 0 Å². The summed E-state index contributed by atoms with van der Waals surface area (Å²) in [6.07, 6.45) is 0. The summed E-state index contributed by atoms with van der Waals surface area (Å²) in [5, 5.41) is 19.0. The van der Waals surface area contributed by atoms with Crippen molar-refractivity contribution in [2.75, 3.05) is 49.6 Å². The van der Waals surface area contributed by atoms with Crippen LogP contribution in [0.15, 0.2) is 42.2 Å². The summed E-state index contributed by atoms with van der Waals surface area (Å²) in [5.74, 6) is -1.66. The van der Waals surface area contributed by atoms with Gasteiger partial charge in [-0.2, -0.15) is 0 Å². The fourth-order valence-corrected chi connectivity index (χ4v) is 4.08. The molecule has 0 unspecified atom stereocenters. The molecular formula is C22H22F2N6O. The molecular weight excluding hydrogens is 402 g/mol. The third-order valence-corrected chi connectivity index (χ3v) is 5.89. The summed E-state index contributed by atoms with van der Waals surface area (Å²) in [6.45, 7) is 3.89. The Morgan fingerprint density at radius 1 is 1.00 bits per heavy atom. The number of aliphatic hydroxyl groups is 1. The average Bonchev–Trinajstić information content (AvgIpc) is 3.29. The zero-order valence-corrected chi connectivity index (χ0v) is 17.0. The van der Waals surface area contributed by atoms with Crippen LogP contribution in [0, 0.1) is 17.0 Å². The molecule has 0 saturated carbocycles. The first kappa shape index (κ1) is 19.5. The maximum Gasteiger partial charge on any atom is 0.160 e. The van der Waals surface area contributed by atoms with E-state index < -0.39 is 11.6 Å². The summed E-state index contributed by atoms with van der Waals surface area (Å²) >= 11 is 0. The molecule has 31 heavy (non-hydrogen) atoms. The molecule has 3 aromatic rings. The van der Waals surface area contributed by atoms with Crippen LogP contribution in [0.25, 0.3) is 16.6 Å². The highest BCUT2D eigenvalue weighted by atomic mass is 19.2. The minimum Gasteiger partial charge on any atom is -0.509 e. The lowest BCUT2D eigenvalue weighted by Crippen LogP contribution is -2.44. The number of benzene rings is 2. The van der Waals surface area contributed by atoms with E-state index in [0.29, 0.717) is 11.5 Å². The molecule has 0 bridgehead atoms. The van der Waals surface area contributed by atoms with Crippen molar-refractivity contribution >= 4 is 33.8 Å². The number of hydrogen-bond acceptors (Lipinski definition) is 5. The summed E-state index contributed by atoms with van der Waals surface area (Å²) < 4.78 is 26.9. The Hall–Kier alpha value is -3.46. The second-order valence-corrected chi connectivity index (χ2v) is 7.93. The number of fused-ring (bicyclic) bond motifs is 1. The molecule has 160 valence electrons. The maximum atomic E-state index is 13.7. The smallest absolute Gasteiger partial charge is 0.160 e. The van der Waals surface area contributed by atoms with Crippen molar-refractivity contribution in [3.05, 3.63) is 59.6 Å². The number of imidazole rings is 1. The molecule has 0 aliphatic carbocycles. The number of amidine groups is 1. The molecule has 5 rings (SSSR count). The molecule has 3 heterocycles. The van der Waals surface area contributed by atoms with Gasteiger partial charge < -0.3 is 24.8 Å². The summed E-state index contributed by atoms with van der Waals surface area (Å²) in [7, 11) is 2.11. The second kappa shape index (κ2) is 7.35. The van der Waals surface area contributed by atoms with Crippen LogP contribution >= 0.6 is 0 Å². The molecule has 2 aliphatic heterocycles. The minimum absolute atomic E-state index is 0.0111. The van der Waals surface area contributed by atoms with Crippen LogP contribution in [0.2, 0.25) is 0 Å². The van der Waals surface area contributed by atoms with Crippen LogP contribution < -0.4 is 9.80 Å². The topological polar surface area (TPSA) is 82.5 Å². The van der Waals surface area contributed by atoms with Gasteiger partial charge >= 0.3 is 0 Å². The number of piperazine rings is 1. The average molecular weight is 424 g/mol. The van der Waals surface area contributed by atoms with Gasteiger partial charge in [0.2, 0.25) is 0 Å². The first-order valence-corrected chi connectivity index (χ1v) is 10.1. The predicted molar refractivity (Wildman–Crippen MR) is 117 cm³/mol. The number of hydrogen-bond donors (Lipinski definition) is 3. The first-order valence-electron chi connectivity index (χ1n) is 10.1. The molecule has 2 aliphatic rings. The van der Waals surface area contributed by atoms with Crippen molar-refractivity contribution in [2.24, 2.45) is 0 Å². The molecule has 1 aromatic heterocycles. The van der Waals surface area contributed by atoms with E-state index in [4.69, 9.17) is 5.41 Å². The summed E-state index contributed by atoms with van der Waals surface area (Å²) in [5.41, 5.74) is 3.18. The number of rotatable bonds is 3. The van der Waals surface area contributed by atoms with Gasteiger partial charge in [-0.1, -0.05) is 0 Å². The third-order valence-electron chi connectivity index (χ3n) is 5.89. The van der Waals surface area contributed by atoms with Crippen molar-refractivity contribution in [1.82, 2.24) is 14.9 Å². The molecule has 0 spiro atoms. The summed E-state index contributed by atoms with van der Waals surface area (Å²) in [4.78, 5) is 13.8. The lowest BCUT2D eigenvalue weighted by molar-refractivity contribution is 0.313. The Morgan fingerprint density at radius 2 is 1.74 bits per heavy atom. The molecule has 0 atom stereocenters. The normalized spacial score (nSPS) is 18.0. The number of anilines is 2. The van der Waals surface area contributed by atoms with Gasteiger partial charge in [0.1, 0.15) is 17.4 Å². The lowest BCUT2D eigenvalue weighted by Gasteiger charge is -2.34. The number of aromatic amines is 1. The van der Waals surface area contributed by atoms with E-state index in [1.807, 2.05) is 18.2 Å². The largest absolute Gasteiger partial charge is 0.509 e. The van der Waals surface area contributed by atoms with E-state index in [-0.39, 0.29) is 23.7 Å². The fraction of sp³-hybridized carbons (Fsp3) is 0.273. The van der Waals surface area contributed by atoms with Gasteiger partial charge in [-0.15, -0.1) is 0 Å². The molecule has 3 N–H and O–H groups in total. The van der Waals surface area contributed by atoms with Crippen LogP contribution in [0.3, 0.4) is 0 Å². The Morgan fingerprint density at radius 3 is 2.48 bits per heavy atom. The van der Waals surface area contributed by atoms with Gasteiger partial charge in [-0.05, 0) is 37.4 Å². The Kier molecular flexibility index (Phi) is 4.62. The molecule has 2 aromatic carbocycles. The van der Waals surface area contributed by atoms with Crippen molar-refractivity contribution in [2.45, 2.75) is 0 Å². The van der Waals surface area contributed by atoms with Gasteiger partial charge in [0.15, 0.2) is 11.6 Å². The lowest BCUT2D eigenvalue weighted by atomic mass is 10.2. The highest BCUT2D eigenvalue weighted by Gasteiger charge is 2.31. The van der Waals surface area contributed by atoms with Crippen LogP contribution in [0.4, 0.5) is 20.2 Å². The fourth-order valence-electron chi connectivity index (χ4n) is 4.08. The number of nitrogens with one attached hydrogen (secondary N) is 2. The minimum atomic E-state index is -1.00. The van der Waals surface area contributed by atoms with E-state index in [9.17, 15) is 13.9 Å². The number of likely N-dealkylation sites (N-methyl/N-ethyl adjacent to an activating group) is 1. The third kappa shape index (κ3) is 3.40. The molecule has 0 radical (unpaired) electrons. The number of aliphatic hydroxyl groups excluding tert-OH is 1. The van der Waals surface area contributed by atoms with E-state index >= 15 is 0 Å². The molecule has 0 amide bonds. The van der Waals surface area contributed by atoms with Gasteiger partial charge in [0, 0.05) is 43.6 Å². The van der Waals surface area contributed by atoms with E-state index in [1.165, 1.54) is 11.0 Å². The summed E-state index contributed by atoms with van der Waals surface area (Å²) in [6, 6.07) is 9.38. The van der Waals surface area contributed by atoms with Gasteiger partial charge in [-0.25, -0.2) is 13.8 Å². The van der Waals surface area contributed by atoms with Crippen molar-refractivity contribution in [3.63, 3.8) is 0 Å². The molecule has 1 fully saturated rings. The van der Waals surface area contributed by atoms with Crippen molar-refractivity contribution in [1.29, 1.82) is 5.41 Å². The quantitative estimate of drug-likeness (QED) is 0.601. The molecule has 9 heteroatoms. The first-order chi connectivity index (χ1) is 14.9.